The molecule has 1 aromatic carbocycles. The van der Waals surface area contributed by atoms with Crippen LogP contribution in [0.1, 0.15) is 111 Å². The van der Waals surface area contributed by atoms with Crippen LogP contribution in [0.2, 0.25) is 0 Å². The summed E-state index contributed by atoms with van der Waals surface area (Å²) in [6.07, 6.45) is 24.4. The summed E-state index contributed by atoms with van der Waals surface area (Å²) in [5, 5.41) is 9.88. The van der Waals surface area contributed by atoms with Crippen LogP contribution in [-0.2, 0) is 6.42 Å². The zero-order valence-electron chi connectivity index (χ0n) is 22.9. The Morgan fingerprint density at radius 1 is 0.588 bits per heavy atom. The zero-order chi connectivity index (χ0) is 25.2. The maximum atomic E-state index is 9.88. The molecule has 0 aliphatic carbocycles. The van der Waals surface area contributed by atoms with E-state index in [1.807, 2.05) is 18.2 Å². The van der Waals surface area contributed by atoms with Gasteiger partial charge in [0.05, 0.1) is 0 Å². The highest BCUT2D eigenvalue weighted by atomic mass is 16.3. The molecule has 1 heteroatoms. The van der Waals surface area contributed by atoms with Crippen molar-refractivity contribution in [2.24, 2.45) is 0 Å². The summed E-state index contributed by atoms with van der Waals surface area (Å²) in [5.74, 6) is 0.391. The van der Waals surface area contributed by atoms with Crippen LogP contribution in [0.15, 0.2) is 82.5 Å². The molecule has 1 aromatic rings. The maximum Gasteiger partial charge on any atom is 0.119 e. The molecule has 1 N–H and O–H groups in total. The number of allylic oxidation sites excluding steroid dienone is 10. The predicted octanol–water partition coefficient (Wildman–Crippen LogP) is 10.6. The molecule has 1 rings (SSSR count). The van der Waals surface area contributed by atoms with Gasteiger partial charge in [-0.05, 0) is 110 Å². The van der Waals surface area contributed by atoms with E-state index in [4.69, 9.17) is 0 Å². The number of rotatable bonds is 16. The summed E-state index contributed by atoms with van der Waals surface area (Å²) >= 11 is 0. The molecule has 1 nitrogen and oxygen atoms in total. The van der Waals surface area contributed by atoms with Crippen molar-refractivity contribution in [1.29, 1.82) is 0 Å². The Kier molecular flexibility index (Phi) is 15.8. The van der Waals surface area contributed by atoms with Gasteiger partial charge >= 0.3 is 0 Å². The number of phenols is 1. The third-order valence-corrected chi connectivity index (χ3v) is 6.43. The third kappa shape index (κ3) is 14.8. The van der Waals surface area contributed by atoms with E-state index in [1.54, 1.807) is 6.07 Å². The van der Waals surface area contributed by atoms with E-state index in [1.165, 1.54) is 60.0 Å². The summed E-state index contributed by atoms with van der Waals surface area (Å²) < 4.78 is 0. The number of hydrogen-bond donors (Lipinski definition) is 1. The molecular formula is C33H50O. The van der Waals surface area contributed by atoms with Gasteiger partial charge in [-0.3, -0.25) is 0 Å². The molecule has 0 bridgehead atoms. The van der Waals surface area contributed by atoms with Gasteiger partial charge < -0.3 is 5.11 Å². The summed E-state index contributed by atoms with van der Waals surface area (Å²) in [4.78, 5) is 0. The second-order valence-electron chi connectivity index (χ2n) is 9.99. The Labute approximate surface area is 211 Å². The largest absolute Gasteiger partial charge is 0.508 e. The van der Waals surface area contributed by atoms with Crippen LogP contribution in [0.5, 0.6) is 5.75 Å². The van der Waals surface area contributed by atoms with Crippen molar-refractivity contribution in [1.82, 2.24) is 0 Å². The van der Waals surface area contributed by atoms with Gasteiger partial charge in [-0.2, -0.15) is 0 Å². The van der Waals surface area contributed by atoms with E-state index >= 15 is 0 Å². The van der Waals surface area contributed by atoms with E-state index in [-0.39, 0.29) is 0 Å². The van der Waals surface area contributed by atoms with Gasteiger partial charge in [0.25, 0.3) is 0 Å². The number of benzene rings is 1. The minimum atomic E-state index is 0.391. The molecule has 0 amide bonds. The van der Waals surface area contributed by atoms with E-state index in [9.17, 15) is 5.11 Å². The number of hydrogen-bond acceptors (Lipinski definition) is 1. The van der Waals surface area contributed by atoms with Crippen molar-refractivity contribution < 1.29 is 5.11 Å². The predicted molar refractivity (Wildman–Crippen MR) is 152 cm³/mol. The fourth-order valence-corrected chi connectivity index (χ4v) is 4.06. The minimum absolute atomic E-state index is 0.391. The van der Waals surface area contributed by atoms with E-state index in [2.05, 4.69) is 71.9 Å². The number of para-hydroxylation sites is 1. The van der Waals surface area contributed by atoms with Gasteiger partial charge in [0.15, 0.2) is 0 Å². The minimum Gasteiger partial charge on any atom is -0.508 e. The first-order valence-electron chi connectivity index (χ1n) is 13.4. The smallest absolute Gasteiger partial charge is 0.119 e. The number of phenolic OH excluding ortho intramolecular Hbond substituents is 1. The molecule has 0 saturated heterocycles. The Balaban J connectivity index is 2.26. The van der Waals surface area contributed by atoms with Gasteiger partial charge in [0.1, 0.15) is 5.75 Å². The van der Waals surface area contributed by atoms with Crippen molar-refractivity contribution in [2.75, 3.05) is 0 Å². The molecule has 0 heterocycles. The molecular weight excluding hydrogens is 412 g/mol. The summed E-state index contributed by atoms with van der Waals surface area (Å²) in [6, 6.07) is 7.60. The van der Waals surface area contributed by atoms with E-state index in [0.717, 1.165) is 44.1 Å². The van der Waals surface area contributed by atoms with Crippen molar-refractivity contribution in [3.8, 4) is 5.75 Å². The van der Waals surface area contributed by atoms with Gasteiger partial charge in [0.2, 0.25) is 0 Å². The Morgan fingerprint density at radius 2 is 0.971 bits per heavy atom. The lowest BCUT2D eigenvalue weighted by molar-refractivity contribution is 0.469. The number of aromatic hydroxyl groups is 1. The van der Waals surface area contributed by atoms with Crippen LogP contribution < -0.4 is 0 Å². The molecule has 0 aromatic heterocycles. The second-order valence-corrected chi connectivity index (χ2v) is 9.99. The van der Waals surface area contributed by atoms with Crippen LogP contribution in [0.25, 0.3) is 0 Å². The standard InChI is InChI=1S/C33H50O/c1-7-14-27(2)15-10-16-28(3)17-11-18-29(4)19-12-20-30(5)21-13-22-31(6)25-26-32-23-8-9-24-33(32)34/h8-9,15,17,19,21,23-25,34H,7,10-14,16,18,20,22,26H2,1-6H3/b27-15+,28-17+,29-19+,30-21+,31-25+. The summed E-state index contributed by atoms with van der Waals surface area (Å²) in [5.41, 5.74) is 8.44. The van der Waals surface area contributed by atoms with Crippen LogP contribution in [0, 0.1) is 0 Å². The Bertz CT molecular complexity index is 860. The van der Waals surface area contributed by atoms with Crippen molar-refractivity contribution in [3.63, 3.8) is 0 Å². The fraction of sp³-hybridized carbons (Fsp3) is 0.515. The third-order valence-electron chi connectivity index (χ3n) is 6.43. The SMILES string of the molecule is CCC/C(C)=C/CC/C(C)=C/CC/C(C)=C/CC/C(C)=C/CC/C(C)=C/Cc1ccccc1O. The molecule has 0 saturated carbocycles. The van der Waals surface area contributed by atoms with Crippen LogP contribution in [0.3, 0.4) is 0 Å². The molecule has 188 valence electrons. The van der Waals surface area contributed by atoms with Crippen LogP contribution >= 0.6 is 0 Å². The molecule has 0 aliphatic heterocycles. The molecule has 0 aliphatic rings. The van der Waals surface area contributed by atoms with Gasteiger partial charge in [0, 0.05) is 0 Å². The van der Waals surface area contributed by atoms with Gasteiger partial charge in [-0.1, -0.05) is 89.8 Å². The summed E-state index contributed by atoms with van der Waals surface area (Å²) in [6.45, 7) is 13.5. The average Bonchev–Trinajstić information content (AvgIpc) is 2.78. The lowest BCUT2D eigenvalue weighted by Gasteiger charge is -2.04. The Morgan fingerprint density at radius 3 is 1.38 bits per heavy atom. The van der Waals surface area contributed by atoms with Crippen LogP contribution in [0.4, 0.5) is 0 Å². The zero-order valence-corrected chi connectivity index (χ0v) is 22.9. The highest BCUT2D eigenvalue weighted by Crippen LogP contribution is 2.19. The molecule has 0 atom stereocenters. The molecule has 0 unspecified atom stereocenters. The molecule has 34 heavy (non-hydrogen) atoms. The van der Waals surface area contributed by atoms with Crippen molar-refractivity contribution in [2.45, 2.75) is 112 Å². The first kappa shape index (κ1) is 29.8. The monoisotopic (exact) mass is 462 g/mol. The molecule has 0 radical (unpaired) electrons. The first-order valence-corrected chi connectivity index (χ1v) is 13.4. The maximum absolute atomic E-state index is 9.88. The van der Waals surface area contributed by atoms with Gasteiger partial charge in [-0.15, -0.1) is 0 Å². The molecule has 0 fully saturated rings. The Hall–Kier alpha value is -2.28. The van der Waals surface area contributed by atoms with Gasteiger partial charge in [-0.25, -0.2) is 0 Å². The van der Waals surface area contributed by atoms with E-state index < -0.39 is 0 Å². The highest BCUT2D eigenvalue weighted by molar-refractivity contribution is 5.33. The van der Waals surface area contributed by atoms with Crippen molar-refractivity contribution in [3.05, 3.63) is 88.1 Å². The topological polar surface area (TPSA) is 20.2 Å². The van der Waals surface area contributed by atoms with Crippen LogP contribution in [-0.4, -0.2) is 5.11 Å². The highest BCUT2D eigenvalue weighted by Gasteiger charge is 1.98. The van der Waals surface area contributed by atoms with Crippen molar-refractivity contribution >= 4 is 0 Å². The average molecular weight is 463 g/mol. The fourth-order valence-electron chi connectivity index (χ4n) is 4.06. The summed E-state index contributed by atoms with van der Waals surface area (Å²) in [7, 11) is 0. The normalized spacial score (nSPS) is 14.1. The second kappa shape index (κ2) is 18.1. The quantitative estimate of drug-likeness (QED) is 0.242. The lowest BCUT2D eigenvalue weighted by Crippen LogP contribution is -1.85. The lowest BCUT2D eigenvalue weighted by atomic mass is 10.0. The van der Waals surface area contributed by atoms with E-state index in [0.29, 0.717) is 5.75 Å². The molecule has 0 spiro atoms. The first-order chi connectivity index (χ1) is 16.3.